The molecule has 3 heterocycles. The molecule has 9 nitrogen and oxygen atoms in total. The summed E-state index contributed by atoms with van der Waals surface area (Å²) in [5.41, 5.74) is 13.0. The van der Waals surface area contributed by atoms with E-state index in [4.69, 9.17) is 11.5 Å². The van der Waals surface area contributed by atoms with Crippen LogP contribution in [0.2, 0.25) is 0 Å². The molecule has 0 spiro atoms. The number of primary amides is 1. The average molecular weight is 437 g/mol. The number of hydrogen-bond donors (Lipinski definition) is 2. The number of carbonyl (C=O) groups is 3. The summed E-state index contributed by atoms with van der Waals surface area (Å²) in [6, 6.07) is 8.01. The Morgan fingerprint density at radius 1 is 1.22 bits per heavy atom. The molecule has 4 fully saturated rings. The molecule has 168 valence electrons. The lowest BCUT2D eigenvalue weighted by atomic mass is 10.0. The number of nitrogens with two attached hydrogens (primary N) is 2. The zero-order valence-electron chi connectivity index (χ0n) is 18.1. The lowest BCUT2D eigenvalue weighted by molar-refractivity contribution is -0.141. The molecule has 3 amide bonds. The third kappa shape index (κ3) is 3.26. The van der Waals surface area contributed by atoms with E-state index in [1.54, 1.807) is 17.0 Å². The summed E-state index contributed by atoms with van der Waals surface area (Å²) < 4.78 is 0. The van der Waals surface area contributed by atoms with Gasteiger partial charge in [-0.25, -0.2) is 0 Å². The van der Waals surface area contributed by atoms with Crippen molar-refractivity contribution in [2.45, 2.75) is 62.4 Å². The molecule has 1 saturated carbocycles. The quantitative estimate of drug-likeness (QED) is 0.643. The fourth-order valence-corrected chi connectivity index (χ4v) is 5.90. The van der Waals surface area contributed by atoms with E-state index in [2.05, 4.69) is 6.07 Å². The molecule has 1 aromatic rings. The van der Waals surface area contributed by atoms with Crippen LogP contribution >= 0.6 is 0 Å². The highest BCUT2D eigenvalue weighted by atomic mass is 16.2. The topological polar surface area (TPSA) is 137 Å². The largest absolute Gasteiger partial charge is 0.366 e. The molecule has 0 aromatic heterocycles. The van der Waals surface area contributed by atoms with Gasteiger partial charge in [-0.3, -0.25) is 19.3 Å². The summed E-state index contributed by atoms with van der Waals surface area (Å²) >= 11 is 0. The maximum absolute atomic E-state index is 13.2. The Morgan fingerprint density at radius 2 is 1.94 bits per heavy atom. The van der Waals surface area contributed by atoms with Crippen molar-refractivity contribution in [3.8, 4) is 6.07 Å². The number of fused-ring (bicyclic) bond motifs is 3. The normalized spacial score (nSPS) is 32.5. The summed E-state index contributed by atoms with van der Waals surface area (Å²) in [6.07, 6.45) is 2.44. The number of rotatable bonds is 6. The van der Waals surface area contributed by atoms with E-state index in [9.17, 15) is 19.6 Å². The standard InChI is InChI=1S/C23H28N6O3/c1-12(13-2-4-14(5-3-13)21(26)30)28-17-8-20(23(28)32)27(10-17)11-18(25)22(31)29-16(9-24)6-15-7-19(15)29/h2-5,12,15-20H,6-8,10-11,25H2,1H3,(H2,26,30)/t12-,15+,16-,17?,18-,19-,20-/m0/s1. The Hall–Kier alpha value is -2.96. The predicted octanol–water partition coefficient (Wildman–Crippen LogP) is -0.0281. The minimum absolute atomic E-state index is 0.0470. The highest BCUT2D eigenvalue weighted by Crippen LogP contribution is 2.48. The number of nitriles is 1. The second-order valence-electron chi connectivity index (χ2n) is 9.56. The molecule has 32 heavy (non-hydrogen) atoms. The number of piperidine rings is 1. The maximum Gasteiger partial charge on any atom is 0.248 e. The number of carbonyl (C=O) groups excluding carboxylic acids is 3. The zero-order chi connectivity index (χ0) is 22.7. The number of benzene rings is 1. The lowest BCUT2D eigenvalue weighted by Gasteiger charge is -2.38. The molecule has 2 bridgehead atoms. The molecular formula is C23H28N6O3. The smallest absolute Gasteiger partial charge is 0.248 e. The third-order valence-electron chi connectivity index (χ3n) is 7.67. The molecular weight excluding hydrogens is 408 g/mol. The maximum atomic E-state index is 13.2. The van der Waals surface area contributed by atoms with Gasteiger partial charge in [0.1, 0.15) is 6.04 Å². The summed E-state index contributed by atoms with van der Waals surface area (Å²) in [6.45, 7) is 2.99. The minimum Gasteiger partial charge on any atom is -0.366 e. The van der Waals surface area contributed by atoms with Crippen LogP contribution < -0.4 is 11.5 Å². The van der Waals surface area contributed by atoms with Gasteiger partial charge < -0.3 is 21.3 Å². The Balaban J connectivity index is 1.22. The van der Waals surface area contributed by atoms with Gasteiger partial charge in [-0.15, -0.1) is 0 Å². The molecule has 9 heteroatoms. The minimum atomic E-state index is -0.732. The molecule has 4 N–H and O–H groups in total. The van der Waals surface area contributed by atoms with E-state index in [1.807, 2.05) is 28.9 Å². The summed E-state index contributed by atoms with van der Waals surface area (Å²) in [5.74, 6) is -0.149. The van der Waals surface area contributed by atoms with E-state index in [0.717, 1.165) is 24.8 Å². The van der Waals surface area contributed by atoms with Gasteiger partial charge >= 0.3 is 0 Å². The van der Waals surface area contributed by atoms with Crippen molar-refractivity contribution in [3.63, 3.8) is 0 Å². The first-order valence-corrected chi connectivity index (χ1v) is 11.2. The van der Waals surface area contributed by atoms with Gasteiger partial charge in [0.25, 0.3) is 0 Å². The Kier molecular flexibility index (Phi) is 4.95. The van der Waals surface area contributed by atoms with Crippen LogP contribution in [0.5, 0.6) is 0 Å². The summed E-state index contributed by atoms with van der Waals surface area (Å²) in [4.78, 5) is 43.0. The third-order valence-corrected chi connectivity index (χ3v) is 7.67. The molecule has 3 aliphatic heterocycles. The van der Waals surface area contributed by atoms with Gasteiger partial charge in [0.2, 0.25) is 17.7 Å². The van der Waals surface area contributed by atoms with Crippen molar-refractivity contribution in [2.75, 3.05) is 13.1 Å². The van der Waals surface area contributed by atoms with E-state index in [-0.39, 0.29) is 42.0 Å². The SMILES string of the molecule is C[C@@H](c1ccc(C(N)=O)cc1)N1C(=O)[C@@H]2CC1CN2C[C@H](N)C(=O)N1[C@H](C#N)C[C@@H]2C[C@@H]21. The second kappa shape index (κ2) is 7.57. The van der Waals surface area contributed by atoms with Crippen LogP contribution in [-0.2, 0) is 9.59 Å². The molecule has 7 atom stereocenters. The number of amides is 3. The van der Waals surface area contributed by atoms with Crippen LogP contribution in [0.25, 0.3) is 0 Å². The van der Waals surface area contributed by atoms with E-state index < -0.39 is 11.9 Å². The fourth-order valence-electron chi connectivity index (χ4n) is 5.90. The first kappa shape index (κ1) is 20.9. The van der Waals surface area contributed by atoms with Crippen LogP contribution in [-0.4, -0.2) is 75.7 Å². The first-order valence-electron chi connectivity index (χ1n) is 11.2. The van der Waals surface area contributed by atoms with E-state index in [0.29, 0.717) is 24.6 Å². The highest BCUT2D eigenvalue weighted by molar-refractivity contribution is 5.92. The van der Waals surface area contributed by atoms with Crippen LogP contribution in [0.3, 0.4) is 0 Å². The van der Waals surface area contributed by atoms with Gasteiger partial charge in [0.15, 0.2) is 0 Å². The van der Waals surface area contributed by atoms with Crippen molar-refractivity contribution in [1.82, 2.24) is 14.7 Å². The number of hydrogen-bond acceptors (Lipinski definition) is 6. The molecule has 1 aromatic carbocycles. The van der Waals surface area contributed by atoms with Crippen LogP contribution in [0.4, 0.5) is 0 Å². The molecule has 5 rings (SSSR count). The van der Waals surface area contributed by atoms with E-state index in [1.165, 1.54) is 0 Å². The van der Waals surface area contributed by atoms with Crippen molar-refractivity contribution < 1.29 is 14.4 Å². The van der Waals surface area contributed by atoms with Gasteiger partial charge in [0.05, 0.1) is 24.2 Å². The van der Waals surface area contributed by atoms with Gasteiger partial charge in [-0.2, -0.15) is 5.26 Å². The van der Waals surface area contributed by atoms with Gasteiger partial charge in [0, 0.05) is 30.7 Å². The molecule has 4 aliphatic rings. The van der Waals surface area contributed by atoms with Gasteiger partial charge in [-0.05, 0) is 49.8 Å². The average Bonchev–Trinajstić information content (AvgIpc) is 3.11. The first-order chi connectivity index (χ1) is 15.3. The zero-order valence-corrected chi connectivity index (χ0v) is 18.1. The number of piperazine rings is 1. The van der Waals surface area contributed by atoms with E-state index >= 15 is 0 Å². The van der Waals surface area contributed by atoms with Crippen molar-refractivity contribution in [3.05, 3.63) is 35.4 Å². The number of nitrogens with zero attached hydrogens (tertiary/aromatic N) is 4. The Labute approximate surface area is 186 Å². The van der Waals surface area contributed by atoms with Crippen molar-refractivity contribution in [1.29, 1.82) is 5.26 Å². The predicted molar refractivity (Wildman–Crippen MR) is 115 cm³/mol. The van der Waals surface area contributed by atoms with Crippen LogP contribution in [0.1, 0.15) is 48.1 Å². The molecule has 1 aliphatic carbocycles. The van der Waals surface area contributed by atoms with Crippen molar-refractivity contribution >= 4 is 17.7 Å². The summed E-state index contributed by atoms with van der Waals surface area (Å²) in [5, 5.41) is 9.36. The Bertz CT molecular complexity index is 1000. The van der Waals surface area contributed by atoms with Crippen molar-refractivity contribution in [2.24, 2.45) is 17.4 Å². The Morgan fingerprint density at radius 3 is 2.56 bits per heavy atom. The molecule has 1 unspecified atom stereocenters. The monoisotopic (exact) mass is 436 g/mol. The second-order valence-corrected chi connectivity index (χ2v) is 9.56. The molecule has 3 saturated heterocycles. The summed E-state index contributed by atoms with van der Waals surface area (Å²) in [7, 11) is 0. The van der Waals surface area contributed by atoms with Crippen LogP contribution in [0.15, 0.2) is 24.3 Å². The number of likely N-dealkylation sites (tertiary alicyclic amines) is 3. The molecule has 0 radical (unpaired) electrons. The fraction of sp³-hybridized carbons (Fsp3) is 0.565. The lowest BCUT2D eigenvalue weighted by Crippen LogP contribution is -2.57. The highest BCUT2D eigenvalue weighted by Gasteiger charge is 2.56. The van der Waals surface area contributed by atoms with Gasteiger partial charge in [-0.1, -0.05) is 12.1 Å². The van der Waals surface area contributed by atoms with Crippen LogP contribution in [0, 0.1) is 17.2 Å².